The maximum absolute atomic E-state index is 13.8. The molecule has 4 bridgehead atoms. The summed E-state index contributed by atoms with van der Waals surface area (Å²) in [6.07, 6.45) is 5.84. The summed E-state index contributed by atoms with van der Waals surface area (Å²) in [5.41, 5.74) is -1.80. The molecule has 4 aliphatic carbocycles. The van der Waals surface area contributed by atoms with Gasteiger partial charge < -0.3 is 23.7 Å². The second kappa shape index (κ2) is 8.58. The summed E-state index contributed by atoms with van der Waals surface area (Å²) < 4.78 is 29.6. The number of ether oxygens (including phenoxy) is 5. The Kier molecular flexibility index (Phi) is 6.91. The van der Waals surface area contributed by atoms with Crippen molar-refractivity contribution in [1.29, 1.82) is 0 Å². The lowest BCUT2D eigenvalue weighted by atomic mass is 9.50. The molecule has 0 saturated heterocycles. The average molecular weight is 441 g/mol. The Morgan fingerprint density at radius 1 is 0.871 bits per heavy atom. The van der Waals surface area contributed by atoms with Crippen LogP contribution in [0.1, 0.15) is 86.5 Å². The minimum Gasteiger partial charge on any atom is -0.458 e. The fraction of sp³-hybridized carbons (Fsp3) is 0.960. The van der Waals surface area contributed by atoms with Crippen molar-refractivity contribution in [3.05, 3.63) is 0 Å². The zero-order valence-electron chi connectivity index (χ0n) is 21.0. The summed E-state index contributed by atoms with van der Waals surface area (Å²) in [5, 5.41) is 0. The normalized spacial score (nSPS) is 36.6. The Hall–Kier alpha value is -0.690. The molecule has 4 aliphatic rings. The van der Waals surface area contributed by atoms with Crippen LogP contribution in [-0.2, 0) is 28.5 Å². The molecule has 180 valence electrons. The number of hydrogen-bond acceptors (Lipinski definition) is 6. The third kappa shape index (κ3) is 5.13. The molecule has 0 aliphatic heterocycles. The van der Waals surface area contributed by atoms with Gasteiger partial charge in [-0.2, -0.15) is 0 Å². The fourth-order valence-corrected chi connectivity index (χ4v) is 6.91. The van der Waals surface area contributed by atoms with Crippen LogP contribution < -0.4 is 0 Å². The number of esters is 1. The highest BCUT2D eigenvalue weighted by Crippen LogP contribution is 2.63. The van der Waals surface area contributed by atoms with Crippen LogP contribution in [0.3, 0.4) is 0 Å². The van der Waals surface area contributed by atoms with E-state index in [1.807, 2.05) is 0 Å². The van der Waals surface area contributed by atoms with Gasteiger partial charge in [-0.1, -0.05) is 34.6 Å². The summed E-state index contributed by atoms with van der Waals surface area (Å²) >= 11 is 0. The van der Waals surface area contributed by atoms with E-state index in [1.54, 1.807) is 14.2 Å². The quantitative estimate of drug-likeness (QED) is 0.349. The zero-order chi connectivity index (χ0) is 23.1. The highest BCUT2D eigenvalue weighted by molar-refractivity contribution is 5.77. The monoisotopic (exact) mass is 440 g/mol. The first-order valence-corrected chi connectivity index (χ1v) is 11.8. The lowest BCUT2D eigenvalue weighted by Crippen LogP contribution is -2.68. The molecule has 0 radical (unpaired) electrons. The fourth-order valence-electron chi connectivity index (χ4n) is 6.91. The van der Waals surface area contributed by atoms with Gasteiger partial charge in [0.15, 0.2) is 0 Å². The van der Waals surface area contributed by atoms with E-state index < -0.39 is 11.0 Å². The van der Waals surface area contributed by atoms with Crippen LogP contribution in [0.4, 0.5) is 0 Å². The first-order chi connectivity index (χ1) is 14.3. The Morgan fingerprint density at radius 2 is 1.32 bits per heavy atom. The maximum atomic E-state index is 13.8. The van der Waals surface area contributed by atoms with Crippen molar-refractivity contribution < 1.29 is 28.5 Å². The van der Waals surface area contributed by atoms with Gasteiger partial charge in [0.2, 0.25) is 0 Å². The van der Waals surface area contributed by atoms with Crippen LogP contribution in [0.25, 0.3) is 0 Å². The van der Waals surface area contributed by atoms with Gasteiger partial charge in [-0.3, -0.25) is 4.79 Å². The topological polar surface area (TPSA) is 63.2 Å². The van der Waals surface area contributed by atoms with E-state index in [-0.39, 0.29) is 42.1 Å². The molecule has 0 spiro atoms. The Balaban J connectivity index is 1.89. The standard InChI is InChI=1S/C25H44O6/c1-18(2)22(6,12-21(3,4)5)20(26)31-25-11-19-9-23(14-25,29-16-27-7)13-24(10-19,15-25)30-17-28-8/h18-19H,9-17H2,1-8H3. The molecule has 0 aromatic heterocycles. The third-order valence-electron chi connectivity index (χ3n) is 7.83. The second-order valence-electron chi connectivity index (χ2n) is 12.4. The third-order valence-corrected chi connectivity index (χ3v) is 7.83. The molecule has 31 heavy (non-hydrogen) atoms. The van der Waals surface area contributed by atoms with Crippen LogP contribution in [0.5, 0.6) is 0 Å². The van der Waals surface area contributed by atoms with Crippen LogP contribution >= 0.6 is 0 Å². The predicted molar refractivity (Wildman–Crippen MR) is 118 cm³/mol. The van der Waals surface area contributed by atoms with Crippen molar-refractivity contribution in [3.8, 4) is 0 Å². The van der Waals surface area contributed by atoms with Crippen molar-refractivity contribution in [2.24, 2.45) is 22.7 Å². The van der Waals surface area contributed by atoms with Crippen molar-refractivity contribution in [3.63, 3.8) is 0 Å². The van der Waals surface area contributed by atoms with Crippen LogP contribution in [0.2, 0.25) is 0 Å². The van der Waals surface area contributed by atoms with Gasteiger partial charge in [0.25, 0.3) is 0 Å². The first kappa shape index (κ1) is 24.9. The molecular weight excluding hydrogens is 396 g/mol. The Morgan fingerprint density at radius 3 is 1.74 bits per heavy atom. The van der Waals surface area contributed by atoms with Gasteiger partial charge in [-0.05, 0) is 49.9 Å². The van der Waals surface area contributed by atoms with E-state index in [2.05, 4.69) is 41.5 Å². The van der Waals surface area contributed by atoms with Crippen molar-refractivity contribution in [2.45, 2.75) is 103 Å². The highest BCUT2D eigenvalue weighted by Gasteiger charge is 2.67. The van der Waals surface area contributed by atoms with E-state index in [0.717, 1.165) is 32.1 Å². The van der Waals surface area contributed by atoms with E-state index in [9.17, 15) is 4.79 Å². The largest absolute Gasteiger partial charge is 0.458 e. The molecule has 0 aromatic carbocycles. The van der Waals surface area contributed by atoms with Gasteiger partial charge in [-0.15, -0.1) is 0 Å². The van der Waals surface area contributed by atoms with E-state index >= 15 is 0 Å². The van der Waals surface area contributed by atoms with Crippen LogP contribution in [0, 0.1) is 22.7 Å². The number of rotatable bonds is 10. The predicted octanol–water partition coefficient (Wildman–Crippen LogP) is 5.08. The maximum Gasteiger partial charge on any atom is 0.312 e. The lowest BCUT2D eigenvalue weighted by molar-refractivity contribution is -0.308. The molecule has 6 heteroatoms. The molecule has 0 amide bonds. The lowest BCUT2D eigenvalue weighted by Gasteiger charge is -2.64. The minimum absolute atomic E-state index is 0.0328. The molecule has 3 unspecified atom stereocenters. The SMILES string of the molecule is COCOC12CC3CC(OCOC)(C1)CC(OC(=O)C(C)(CC(C)(C)C)C(C)C)(C3)C2. The van der Waals surface area contributed by atoms with Crippen LogP contribution in [-0.4, -0.2) is 50.6 Å². The van der Waals surface area contributed by atoms with Gasteiger partial charge in [0.05, 0.1) is 16.6 Å². The molecule has 0 aromatic rings. The Labute approximate surface area is 188 Å². The molecule has 3 atom stereocenters. The molecule has 6 nitrogen and oxygen atoms in total. The summed E-state index contributed by atoms with van der Waals surface area (Å²) in [6.45, 7) is 13.4. The average Bonchev–Trinajstić information content (AvgIpc) is 2.61. The van der Waals surface area contributed by atoms with Crippen molar-refractivity contribution >= 4 is 5.97 Å². The van der Waals surface area contributed by atoms with Crippen molar-refractivity contribution in [1.82, 2.24) is 0 Å². The van der Waals surface area contributed by atoms with Gasteiger partial charge in [0.1, 0.15) is 19.2 Å². The second-order valence-corrected chi connectivity index (χ2v) is 12.4. The van der Waals surface area contributed by atoms with E-state index in [0.29, 0.717) is 18.8 Å². The summed E-state index contributed by atoms with van der Waals surface area (Å²) in [7, 11) is 3.29. The molecule has 4 rings (SSSR count). The van der Waals surface area contributed by atoms with Crippen LogP contribution in [0.15, 0.2) is 0 Å². The number of methoxy groups -OCH3 is 2. The number of carbonyl (C=O) groups excluding carboxylic acids is 1. The first-order valence-electron chi connectivity index (χ1n) is 11.8. The zero-order valence-corrected chi connectivity index (χ0v) is 21.0. The van der Waals surface area contributed by atoms with Gasteiger partial charge >= 0.3 is 5.97 Å². The highest BCUT2D eigenvalue weighted by atomic mass is 16.7. The number of carbonyl (C=O) groups is 1. The smallest absolute Gasteiger partial charge is 0.312 e. The van der Waals surface area contributed by atoms with E-state index in [1.165, 1.54) is 0 Å². The Bertz CT molecular complexity index is 629. The molecular formula is C25H44O6. The summed E-state index contributed by atoms with van der Waals surface area (Å²) in [6, 6.07) is 0. The van der Waals surface area contributed by atoms with Gasteiger partial charge in [-0.25, -0.2) is 0 Å². The molecule has 0 N–H and O–H groups in total. The summed E-state index contributed by atoms with van der Waals surface area (Å²) in [5.74, 6) is 0.513. The minimum atomic E-state index is -0.550. The summed E-state index contributed by atoms with van der Waals surface area (Å²) in [4.78, 5) is 13.8. The van der Waals surface area contributed by atoms with Crippen molar-refractivity contribution in [2.75, 3.05) is 27.8 Å². The van der Waals surface area contributed by atoms with E-state index in [4.69, 9.17) is 23.7 Å². The molecule has 4 saturated carbocycles. The van der Waals surface area contributed by atoms with Gasteiger partial charge in [0, 0.05) is 33.5 Å². The molecule has 0 heterocycles. The number of hydrogen-bond donors (Lipinski definition) is 0. The molecule has 4 fully saturated rings.